The number of alkyl carbamates (subject to hydrolysis) is 1. The summed E-state index contributed by atoms with van der Waals surface area (Å²) in [6, 6.07) is 0. The molecule has 0 fully saturated rings. The summed E-state index contributed by atoms with van der Waals surface area (Å²) < 4.78 is 5.11. The van der Waals surface area contributed by atoms with Crippen LogP contribution in [0.4, 0.5) is 4.79 Å². The lowest BCUT2D eigenvalue weighted by Crippen LogP contribution is -2.36. The molecule has 1 rings (SSSR count). The minimum Gasteiger partial charge on any atom is -0.444 e. The van der Waals surface area contributed by atoms with Crippen LogP contribution in [0.25, 0.3) is 0 Å². The second-order valence-corrected chi connectivity index (χ2v) is 5.08. The monoisotopic (exact) mass is 254 g/mol. The molecule has 0 aliphatic heterocycles. The second kappa shape index (κ2) is 6.39. The fraction of sp³-hybridized carbons (Fsp3) is 0.667. The van der Waals surface area contributed by atoms with Gasteiger partial charge in [-0.25, -0.2) is 9.78 Å². The van der Waals surface area contributed by atoms with Crippen molar-refractivity contribution in [2.45, 2.75) is 39.8 Å². The van der Waals surface area contributed by atoms with Crippen molar-refractivity contribution in [3.05, 3.63) is 17.7 Å². The molecule has 6 nitrogen and oxygen atoms in total. The van der Waals surface area contributed by atoms with Crippen LogP contribution in [0.15, 0.2) is 6.33 Å². The molecule has 0 aromatic carbocycles. The third-order valence-corrected chi connectivity index (χ3v) is 2.20. The number of nitrogens with zero attached hydrogens (tertiary/aromatic N) is 1. The summed E-state index contributed by atoms with van der Waals surface area (Å²) >= 11 is 0. The van der Waals surface area contributed by atoms with E-state index < -0.39 is 5.60 Å². The molecule has 0 aliphatic carbocycles. The summed E-state index contributed by atoms with van der Waals surface area (Å²) in [5.74, 6) is 0. The number of aromatic amines is 1. The first kappa shape index (κ1) is 14.5. The van der Waals surface area contributed by atoms with Gasteiger partial charge in [0.2, 0.25) is 0 Å². The zero-order valence-corrected chi connectivity index (χ0v) is 11.5. The smallest absolute Gasteiger partial charge is 0.407 e. The predicted octanol–water partition coefficient (Wildman–Crippen LogP) is 1.33. The molecule has 1 amide bonds. The van der Waals surface area contributed by atoms with E-state index in [1.807, 2.05) is 27.7 Å². The van der Waals surface area contributed by atoms with Gasteiger partial charge < -0.3 is 20.4 Å². The van der Waals surface area contributed by atoms with Gasteiger partial charge in [-0.05, 0) is 27.7 Å². The van der Waals surface area contributed by atoms with E-state index in [0.29, 0.717) is 19.6 Å². The molecule has 1 heterocycles. The van der Waals surface area contributed by atoms with E-state index in [9.17, 15) is 4.79 Å². The minimum atomic E-state index is -0.455. The van der Waals surface area contributed by atoms with Gasteiger partial charge in [-0.15, -0.1) is 0 Å². The number of hydrogen-bond acceptors (Lipinski definition) is 4. The zero-order valence-electron chi connectivity index (χ0n) is 11.5. The van der Waals surface area contributed by atoms with E-state index in [2.05, 4.69) is 20.6 Å². The number of amides is 1. The predicted molar refractivity (Wildman–Crippen MR) is 69.3 cm³/mol. The number of rotatable bonds is 5. The molecule has 6 heteroatoms. The van der Waals surface area contributed by atoms with Crippen molar-refractivity contribution in [1.82, 2.24) is 20.6 Å². The van der Waals surface area contributed by atoms with Gasteiger partial charge in [-0.2, -0.15) is 0 Å². The molecule has 0 saturated carbocycles. The number of ether oxygens (including phenoxy) is 1. The molecule has 1 aromatic heterocycles. The maximum atomic E-state index is 11.3. The Kier molecular flexibility index (Phi) is 5.15. The van der Waals surface area contributed by atoms with Gasteiger partial charge in [0.1, 0.15) is 5.60 Å². The van der Waals surface area contributed by atoms with Crippen LogP contribution < -0.4 is 10.6 Å². The van der Waals surface area contributed by atoms with E-state index in [0.717, 1.165) is 11.4 Å². The van der Waals surface area contributed by atoms with E-state index in [1.54, 1.807) is 6.33 Å². The van der Waals surface area contributed by atoms with Gasteiger partial charge in [0, 0.05) is 25.3 Å². The average molecular weight is 254 g/mol. The molecule has 0 spiro atoms. The average Bonchev–Trinajstić information content (AvgIpc) is 2.61. The summed E-state index contributed by atoms with van der Waals surface area (Å²) in [6.45, 7) is 9.37. The van der Waals surface area contributed by atoms with Gasteiger partial charge in [-0.1, -0.05) is 0 Å². The van der Waals surface area contributed by atoms with E-state index in [4.69, 9.17) is 4.74 Å². The van der Waals surface area contributed by atoms with E-state index in [1.165, 1.54) is 0 Å². The Morgan fingerprint density at radius 2 is 2.17 bits per heavy atom. The number of nitrogens with one attached hydrogen (secondary N) is 3. The fourth-order valence-corrected chi connectivity index (χ4v) is 1.34. The van der Waals surface area contributed by atoms with Crippen LogP contribution in [0.2, 0.25) is 0 Å². The van der Waals surface area contributed by atoms with Gasteiger partial charge in [-0.3, -0.25) is 0 Å². The molecule has 0 aliphatic rings. The Balaban J connectivity index is 2.09. The van der Waals surface area contributed by atoms with Gasteiger partial charge in [0.25, 0.3) is 0 Å². The Bertz CT molecular complexity index is 382. The molecule has 3 N–H and O–H groups in total. The zero-order chi connectivity index (χ0) is 13.6. The lowest BCUT2D eigenvalue weighted by Gasteiger charge is -2.19. The highest BCUT2D eigenvalue weighted by Gasteiger charge is 2.15. The number of hydrogen-bond donors (Lipinski definition) is 3. The second-order valence-electron chi connectivity index (χ2n) is 5.08. The summed E-state index contributed by atoms with van der Waals surface area (Å²) in [6.07, 6.45) is 1.28. The highest BCUT2D eigenvalue weighted by atomic mass is 16.6. The number of carbonyl (C=O) groups excluding carboxylic acids is 1. The van der Waals surface area contributed by atoms with Crippen molar-refractivity contribution in [1.29, 1.82) is 0 Å². The highest BCUT2D eigenvalue weighted by Crippen LogP contribution is 2.06. The van der Waals surface area contributed by atoms with Crippen molar-refractivity contribution in [2.24, 2.45) is 0 Å². The Morgan fingerprint density at radius 3 is 2.72 bits per heavy atom. The van der Waals surface area contributed by atoms with Crippen LogP contribution in [-0.4, -0.2) is 34.8 Å². The number of aromatic nitrogens is 2. The van der Waals surface area contributed by atoms with Crippen LogP contribution in [0.3, 0.4) is 0 Å². The lowest BCUT2D eigenvalue weighted by atomic mass is 10.2. The summed E-state index contributed by atoms with van der Waals surface area (Å²) in [7, 11) is 0. The maximum Gasteiger partial charge on any atom is 0.407 e. The Morgan fingerprint density at radius 1 is 1.44 bits per heavy atom. The lowest BCUT2D eigenvalue weighted by molar-refractivity contribution is 0.0528. The van der Waals surface area contributed by atoms with E-state index >= 15 is 0 Å². The van der Waals surface area contributed by atoms with E-state index in [-0.39, 0.29) is 6.09 Å². The first-order valence-electron chi connectivity index (χ1n) is 6.05. The molecule has 0 atom stereocenters. The van der Waals surface area contributed by atoms with Crippen LogP contribution in [-0.2, 0) is 11.3 Å². The van der Waals surface area contributed by atoms with Crippen molar-refractivity contribution in [3.63, 3.8) is 0 Å². The minimum absolute atomic E-state index is 0.389. The molecule has 0 unspecified atom stereocenters. The first-order chi connectivity index (χ1) is 8.38. The number of aryl methyl sites for hydroxylation is 1. The third kappa shape index (κ3) is 5.67. The maximum absolute atomic E-state index is 11.3. The van der Waals surface area contributed by atoms with Crippen molar-refractivity contribution >= 4 is 6.09 Å². The number of carbonyl (C=O) groups is 1. The topological polar surface area (TPSA) is 79.0 Å². The first-order valence-corrected chi connectivity index (χ1v) is 6.05. The van der Waals surface area contributed by atoms with Crippen LogP contribution in [0.5, 0.6) is 0 Å². The molecule has 0 radical (unpaired) electrons. The Labute approximate surface area is 108 Å². The molecule has 18 heavy (non-hydrogen) atoms. The summed E-state index contributed by atoms with van der Waals surface area (Å²) in [4.78, 5) is 18.5. The van der Waals surface area contributed by atoms with Gasteiger partial charge in [0.05, 0.1) is 12.0 Å². The largest absolute Gasteiger partial charge is 0.444 e. The number of imidazole rings is 1. The van der Waals surface area contributed by atoms with Gasteiger partial charge in [0.15, 0.2) is 0 Å². The third-order valence-electron chi connectivity index (χ3n) is 2.20. The quantitative estimate of drug-likeness (QED) is 0.693. The van der Waals surface area contributed by atoms with Gasteiger partial charge >= 0.3 is 6.09 Å². The molecular formula is C12H22N4O2. The van der Waals surface area contributed by atoms with Crippen LogP contribution >= 0.6 is 0 Å². The molecular weight excluding hydrogens is 232 g/mol. The molecule has 0 bridgehead atoms. The normalized spacial score (nSPS) is 11.3. The summed E-state index contributed by atoms with van der Waals surface area (Å²) in [5.41, 5.74) is 1.60. The van der Waals surface area contributed by atoms with Crippen LogP contribution in [0.1, 0.15) is 32.2 Å². The van der Waals surface area contributed by atoms with Crippen molar-refractivity contribution in [3.8, 4) is 0 Å². The SMILES string of the molecule is Cc1[nH]cnc1CNCCNC(=O)OC(C)(C)C. The molecule has 1 aromatic rings. The number of H-pyrrole nitrogens is 1. The standard InChI is InChI=1S/C12H22N4O2/c1-9-10(16-8-15-9)7-13-5-6-14-11(17)18-12(2,3)4/h8,13H,5-7H2,1-4H3,(H,14,17)(H,15,16). The summed E-state index contributed by atoms with van der Waals surface area (Å²) in [5, 5.41) is 5.88. The van der Waals surface area contributed by atoms with Crippen molar-refractivity contribution in [2.75, 3.05) is 13.1 Å². The fourth-order valence-electron chi connectivity index (χ4n) is 1.34. The van der Waals surface area contributed by atoms with Crippen LogP contribution in [0, 0.1) is 6.92 Å². The highest BCUT2D eigenvalue weighted by molar-refractivity contribution is 5.67. The molecule has 0 saturated heterocycles. The molecule has 102 valence electrons. The Hall–Kier alpha value is -1.56. The van der Waals surface area contributed by atoms with Crippen molar-refractivity contribution < 1.29 is 9.53 Å².